The molecule has 1 rings (SSSR count). The van der Waals surface area contributed by atoms with Gasteiger partial charge in [0, 0.05) is 6.42 Å². The standard InChI is InChI=1S/C15H22N2O/c1-12-10-13(2)15(18-3)14(11-12)6-9-17-8-5-4-7-16/h10-11,17H,4-6,8-9H2,1-3H3. The number of hydrogen-bond donors (Lipinski definition) is 1. The quantitative estimate of drug-likeness (QED) is 0.752. The minimum absolute atomic E-state index is 0.625. The molecule has 0 heterocycles. The van der Waals surface area contributed by atoms with Crippen molar-refractivity contribution in [3.8, 4) is 11.8 Å². The van der Waals surface area contributed by atoms with Crippen molar-refractivity contribution in [2.24, 2.45) is 0 Å². The first kappa shape index (κ1) is 14.5. The number of nitriles is 1. The van der Waals surface area contributed by atoms with Crippen LogP contribution >= 0.6 is 0 Å². The highest BCUT2D eigenvalue weighted by molar-refractivity contribution is 5.43. The summed E-state index contributed by atoms with van der Waals surface area (Å²) in [6, 6.07) is 6.47. The third-order valence-corrected chi connectivity index (χ3v) is 2.91. The van der Waals surface area contributed by atoms with Crippen LogP contribution in [-0.4, -0.2) is 20.2 Å². The fourth-order valence-electron chi connectivity index (χ4n) is 2.16. The van der Waals surface area contributed by atoms with E-state index in [1.807, 2.05) is 0 Å². The number of benzene rings is 1. The van der Waals surface area contributed by atoms with Gasteiger partial charge in [0.15, 0.2) is 0 Å². The van der Waals surface area contributed by atoms with Gasteiger partial charge in [-0.2, -0.15) is 5.26 Å². The summed E-state index contributed by atoms with van der Waals surface area (Å²) in [4.78, 5) is 0. The van der Waals surface area contributed by atoms with Crippen LogP contribution in [0.15, 0.2) is 12.1 Å². The normalized spacial score (nSPS) is 10.1. The zero-order chi connectivity index (χ0) is 13.4. The molecule has 98 valence electrons. The monoisotopic (exact) mass is 246 g/mol. The minimum Gasteiger partial charge on any atom is -0.496 e. The third-order valence-electron chi connectivity index (χ3n) is 2.91. The molecule has 0 aromatic heterocycles. The first-order valence-electron chi connectivity index (χ1n) is 6.40. The number of rotatable bonds is 7. The molecule has 0 aliphatic carbocycles. The maximum atomic E-state index is 8.44. The Balaban J connectivity index is 2.49. The third kappa shape index (κ3) is 4.38. The zero-order valence-corrected chi connectivity index (χ0v) is 11.5. The molecule has 0 saturated carbocycles. The maximum absolute atomic E-state index is 8.44. The van der Waals surface area contributed by atoms with Crippen molar-refractivity contribution in [3.63, 3.8) is 0 Å². The molecular weight excluding hydrogens is 224 g/mol. The van der Waals surface area contributed by atoms with Gasteiger partial charge in [0.1, 0.15) is 5.75 Å². The number of aryl methyl sites for hydroxylation is 2. The summed E-state index contributed by atoms with van der Waals surface area (Å²) in [6.45, 7) is 6.01. The molecule has 3 heteroatoms. The fourth-order valence-corrected chi connectivity index (χ4v) is 2.16. The maximum Gasteiger partial charge on any atom is 0.125 e. The largest absolute Gasteiger partial charge is 0.496 e. The van der Waals surface area contributed by atoms with Crippen LogP contribution in [0.1, 0.15) is 29.5 Å². The average Bonchev–Trinajstić information content (AvgIpc) is 2.33. The van der Waals surface area contributed by atoms with Gasteiger partial charge in [-0.1, -0.05) is 17.7 Å². The fraction of sp³-hybridized carbons (Fsp3) is 0.533. The molecule has 0 aliphatic rings. The van der Waals surface area contributed by atoms with Gasteiger partial charge in [-0.3, -0.25) is 0 Å². The second-order valence-electron chi connectivity index (χ2n) is 4.54. The van der Waals surface area contributed by atoms with Crippen LogP contribution < -0.4 is 10.1 Å². The minimum atomic E-state index is 0.625. The van der Waals surface area contributed by atoms with Crippen molar-refractivity contribution in [2.45, 2.75) is 33.1 Å². The van der Waals surface area contributed by atoms with Crippen molar-refractivity contribution in [1.29, 1.82) is 5.26 Å². The van der Waals surface area contributed by atoms with Crippen LogP contribution in [0.3, 0.4) is 0 Å². The lowest BCUT2D eigenvalue weighted by Gasteiger charge is -2.13. The van der Waals surface area contributed by atoms with E-state index in [0.29, 0.717) is 6.42 Å². The van der Waals surface area contributed by atoms with Crippen molar-refractivity contribution < 1.29 is 4.74 Å². The molecule has 18 heavy (non-hydrogen) atoms. The van der Waals surface area contributed by atoms with Gasteiger partial charge >= 0.3 is 0 Å². The molecule has 0 spiro atoms. The van der Waals surface area contributed by atoms with Gasteiger partial charge in [-0.25, -0.2) is 0 Å². The molecule has 0 amide bonds. The van der Waals surface area contributed by atoms with E-state index in [0.717, 1.165) is 31.7 Å². The van der Waals surface area contributed by atoms with Crippen LogP contribution in [0.5, 0.6) is 5.75 Å². The topological polar surface area (TPSA) is 45.0 Å². The van der Waals surface area contributed by atoms with Crippen molar-refractivity contribution in [2.75, 3.05) is 20.2 Å². The van der Waals surface area contributed by atoms with Crippen molar-refractivity contribution >= 4 is 0 Å². The number of ether oxygens (including phenoxy) is 1. The van der Waals surface area contributed by atoms with Crippen LogP contribution in [0.2, 0.25) is 0 Å². The van der Waals surface area contributed by atoms with Crippen LogP contribution in [0.25, 0.3) is 0 Å². The summed E-state index contributed by atoms with van der Waals surface area (Å²) < 4.78 is 5.46. The van der Waals surface area contributed by atoms with E-state index in [1.54, 1.807) is 7.11 Å². The zero-order valence-electron chi connectivity index (χ0n) is 11.5. The highest BCUT2D eigenvalue weighted by Crippen LogP contribution is 2.25. The average molecular weight is 246 g/mol. The number of methoxy groups -OCH3 is 1. The first-order valence-corrected chi connectivity index (χ1v) is 6.40. The lowest BCUT2D eigenvalue weighted by atomic mass is 10.0. The van der Waals surface area contributed by atoms with Gasteiger partial charge in [-0.05, 0) is 50.9 Å². The molecule has 0 fully saturated rings. The smallest absolute Gasteiger partial charge is 0.125 e. The second kappa shape index (κ2) is 7.73. The summed E-state index contributed by atoms with van der Waals surface area (Å²) in [5, 5.41) is 11.8. The van der Waals surface area contributed by atoms with Crippen LogP contribution in [0, 0.1) is 25.2 Å². The lowest BCUT2D eigenvalue weighted by molar-refractivity contribution is 0.406. The SMILES string of the molecule is COc1c(C)cc(C)cc1CCNCCCC#N. The van der Waals surface area contributed by atoms with E-state index in [2.05, 4.69) is 37.4 Å². The summed E-state index contributed by atoms with van der Waals surface area (Å²) in [5.74, 6) is 0.999. The van der Waals surface area contributed by atoms with E-state index >= 15 is 0 Å². The lowest BCUT2D eigenvalue weighted by Crippen LogP contribution is -2.18. The molecule has 3 nitrogen and oxygen atoms in total. The van der Waals surface area contributed by atoms with Gasteiger partial charge in [0.25, 0.3) is 0 Å². The summed E-state index contributed by atoms with van der Waals surface area (Å²) in [5.41, 5.74) is 3.72. The Bertz CT molecular complexity index is 421. The van der Waals surface area contributed by atoms with E-state index in [9.17, 15) is 0 Å². The predicted octanol–water partition coefficient (Wildman–Crippen LogP) is 2.75. The highest BCUT2D eigenvalue weighted by atomic mass is 16.5. The predicted molar refractivity (Wildman–Crippen MR) is 73.9 cm³/mol. The molecule has 1 aromatic carbocycles. The molecule has 0 atom stereocenters. The number of nitrogens with one attached hydrogen (secondary N) is 1. The van der Waals surface area contributed by atoms with Crippen molar-refractivity contribution in [1.82, 2.24) is 5.32 Å². The highest BCUT2D eigenvalue weighted by Gasteiger charge is 2.06. The number of nitrogens with zero attached hydrogens (tertiary/aromatic N) is 1. The van der Waals surface area contributed by atoms with Crippen LogP contribution in [-0.2, 0) is 6.42 Å². The first-order chi connectivity index (χ1) is 8.69. The summed E-state index contributed by atoms with van der Waals surface area (Å²) in [7, 11) is 1.72. The molecule has 1 N–H and O–H groups in total. The van der Waals surface area contributed by atoms with E-state index in [1.165, 1.54) is 16.7 Å². The Hall–Kier alpha value is -1.53. The van der Waals surface area contributed by atoms with Gasteiger partial charge in [0.2, 0.25) is 0 Å². The van der Waals surface area contributed by atoms with E-state index in [-0.39, 0.29) is 0 Å². The molecule has 0 saturated heterocycles. The Morgan fingerprint density at radius 1 is 1.28 bits per heavy atom. The number of hydrogen-bond acceptors (Lipinski definition) is 3. The molecule has 0 bridgehead atoms. The summed E-state index contributed by atoms with van der Waals surface area (Å²) >= 11 is 0. The van der Waals surface area contributed by atoms with E-state index < -0.39 is 0 Å². The van der Waals surface area contributed by atoms with Gasteiger partial charge in [-0.15, -0.1) is 0 Å². The van der Waals surface area contributed by atoms with Gasteiger partial charge < -0.3 is 10.1 Å². The molecule has 0 unspecified atom stereocenters. The molecule has 0 aliphatic heterocycles. The molecular formula is C15H22N2O. The van der Waals surface area contributed by atoms with E-state index in [4.69, 9.17) is 10.00 Å². The van der Waals surface area contributed by atoms with Crippen molar-refractivity contribution in [3.05, 3.63) is 28.8 Å². The Morgan fingerprint density at radius 2 is 2.06 bits per heavy atom. The molecule has 1 aromatic rings. The second-order valence-corrected chi connectivity index (χ2v) is 4.54. The Morgan fingerprint density at radius 3 is 2.72 bits per heavy atom. The number of unbranched alkanes of at least 4 members (excludes halogenated alkanes) is 1. The van der Waals surface area contributed by atoms with Crippen LogP contribution in [0.4, 0.5) is 0 Å². The summed E-state index contributed by atoms with van der Waals surface area (Å²) in [6.07, 6.45) is 2.50. The van der Waals surface area contributed by atoms with Gasteiger partial charge in [0.05, 0.1) is 13.2 Å². The Labute approximate surface area is 110 Å². The Kier molecular flexibility index (Phi) is 6.24. The molecule has 0 radical (unpaired) electrons.